The van der Waals surface area contributed by atoms with Gasteiger partial charge in [-0.25, -0.2) is 0 Å². The Kier molecular flexibility index (Phi) is 4.00. The summed E-state index contributed by atoms with van der Waals surface area (Å²) in [5.74, 6) is 1.12. The topological polar surface area (TPSA) is 23.5 Å². The molecule has 1 atom stereocenters. The zero-order valence-corrected chi connectivity index (χ0v) is 10.9. The van der Waals surface area contributed by atoms with E-state index in [9.17, 15) is 5.11 Å². The molecule has 1 aromatic carbocycles. The van der Waals surface area contributed by atoms with Crippen LogP contribution in [-0.4, -0.2) is 29.2 Å². The molecule has 0 aromatic heterocycles. The van der Waals surface area contributed by atoms with E-state index >= 15 is 0 Å². The zero-order valence-electron chi connectivity index (χ0n) is 9.32. The molecule has 2 rings (SSSR count). The summed E-state index contributed by atoms with van der Waals surface area (Å²) >= 11 is 8.22. The van der Waals surface area contributed by atoms with E-state index in [0.717, 1.165) is 35.1 Å². The van der Waals surface area contributed by atoms with Crippen molar-refractivity contribution in [2.75, 3.05) is 23.7 Å². The van der Waals surface area contributed by atoms with Crippen molar-refractivity contribution < 1.29 is 5.11 Å². The van der Waals surface area contributed by atoms with E-state index in [1.807, 2.05) is 30.0 Å². The Hall–Kier alpha value is -0.380. The number of thioether (sulfide) groups is 1. The van der Waals surface area contributed by atoms with Gasteiger partial charge >= 0.3 is 0 Å². The lowest BCUT2D eigenvalue weighted by atomic mass is 10.1. The van der Waals surface area contributed by atoms with Crippen molar-refractivity contribution in [3.05, 3.63) is 28.8 Å². The van der Waals surface area contributed by atoms with Gasteiger partial charge in [0, 0.05) is 29.7 Å². The number of nitrogens with zero attached hydrogens (tertiary/aromatic N) is 1. The summed E-state index contributed by atoms with van der Waals surface area (Å²) in [7, 11) is 0. The van der Waals surface area contributed by atoms with Gasteiger partial charge in [0.25, 0.3) is 0 Å². The van der Waals surface area contributed by atoms with Crippen molar-refractivity contribution in [3.63, 3.8) is 0 Å². The maximum atomic E-state index is 9.35. The number of hydrogen-bond donors (Lipinski definition) is 1. The number of hydrogen-bond acceptors (Lipinski definition) is 3. The smallest absolute Gasteiger partial charge is 0.0702 e. The second-order valence-electron chi connectivity index (χ2n) is 4.03. The molecule has 0 bridgehead atoms. The molecule has 1 saturated heterocycles. The highest BCUT2D eigenvalue weighted by atomic mass is 35.5. The monoisotopic (exact) mass is 257 g/mol. The van der Waals surface area contributed by atoms with Crippen LogP contribution in [0, 0.1) is 0 Å². The van der Waals surface area contributed by atoms with Crippen LogP contribution < -0.4 is 4.90 Å². The minimum absolute atomic E-state index is 0.0495. The van der Waals surface area contributed by atoms with Crippen molar-refractivity contribution >= 4 is 29.1 Å². The molecule has 1 heterocycles. The highest BCUT2D eigenvalue weighted by Gasteiger charge is 2.20. The van der Waals surface area contributed by atoms with Gasteiger partial charge in [0.2, 0.25) is 0 Å². The first-order valence-corrected chi connectivity index (χ1v) is 6.90. The summed E-state index contributed by atoms with van der Waals surface area (Å²) in [6.07, 6.45) is 0. The zero-order chi connectivity index (χ0) is 11.5. The molecule has 2 nitrogen and oxygen atoms in total. The number of halogens is 1. The Morgan fingerprint density at radius 1 is 1.56 bits per heavy atom. The van der Waals surface area contributed by atoms with E-state index < -0.39 is 0 Å². The standard InChI is InChI=1S/C12H16ClNOS/c1-9-7-14(5-6-16-9)12-10(8-15)3-2-4-11(12)13/h2-4,9,15H,5-8H2,1H3. The van der Waals surface area contributed by atoms with Gasteiger partial charge in [-0.3, -0.25) is 0 Å². The van der Waals surface area contributed by atoms with Crippen LogP contribution in [0.15, 0.2) is 18.2 Å². The summed E-state index contributed by atoms with van der Waals surface area (Å²) in [5.41, 5.74) is 1.94. The third kappa shape index (κ3) is 2.47. The molecule has 4 heteroatoms. The molecule has 16 heavy (non-hydrogen) atoms. The maximum Gasteiger partial charge on any atom is 0.0702 e. The first-order chi connectivity index (χ1) is 7.72. The Balaban J connectivity index is 2.30. The van der Waals surface area contributed by atoms with Crippen LogP contribution in [0.1, 0.15) is 12.5 Å². The number of benzene rings is 1. The second-order valence-corrected chi connectivity index (χ2v) is 5.99. The van der Waals surface area contributed by atoms with Gasteiger partial charge in [-0.2, -0.15) is 11.8 Å². The van der Waals surface area contributed by atoms with E-state index in [1.54, 1.807) is 0 Å². The SMILES string of the molecule is CC1CN(c2c(Cl)cccc2CO)CCS1. The lowest BCUT2D eigenvalue weighted by Crippen LogP contribution is -2.37. The minimum Gasteiger partial charge on any atom is -0.392 e. The van der Waals surface area contributed by atoms with Gasteiger partial charge in [-0.05, 0) is 6.07 Å². The number of aliphatic hydroxyl groups excluding tert-OH is 1. The third-order valence-corrected chi connectivity index (χ3v) is 4.24. The van der Waals surface area contributed by atoms with Crippen molar-refractivity contribution in [1.29, 1.82) is 0 Å². The van der Waals surface area contributed by atoms with Crippen molar-refractivity contribution in [2.45, 2.75) is 18.8 Å². The van der Waals surface area contributed by atoms with Crippen molar-refractivity contribution in [1.82, 2.24) is 0 Å². The molecule has 0 saturated carbocycles. The van der Waals surface area contributed by atoms with Crippen molar-refractivity contribution in [3.8, 4) is 0 Å². The molecule has 0 aliphatic carbocycles. The quantitative estimate of drug-likeness (QED) is 0.881. The molecule has 1 aliphatic heterocycles. The number of para-hydroxylation sites is 1. The van der Waals surface area contributed by atoms with Crippen LogP contribution in [0.2, 0.25) is 5.02 Å². The van der Waals surface area contributed by atoms with E-state index in [2.05, 4.69) is 11.8 Å². The van der Waals surface area contributed by atoms with Crippen LogP contribution in [0.5, 0.6) is 0 Å². The molecular formula is C12H16ClNOS. The molecule has 1 N–H and O–H groups in total. The predicted octanol–water partition coefficient (Wildman–Crippen LogP) is 2.77. The maximum absolute atomic E-state index is 9.35. The van der Waals surface area contributed by atoms with E-state index in [-0.39, 0.29) is 6.61 Å². The van der Waals surface area contributed by atoms with Gasteiger partial charge in [0.15, 0.2) is 0 Å². The molecule has 1 unspecified atom stereocenters. The Morgan fingerprint density at radius 2 is 2.38 bits per heavy atom. The van der Waals surface area contributed by atoms with Gasteiger partial charge in [0.05, 0.1) is 17.3 Å². The molecule has 0 amide bonds. The van der Waals surface area contributed by atoms with Crippen LogP contribution in [0.3, 0.4) is 0 Å². The fourth-order valence-corrected chi connectivity index (χ4v) is 3.39. The summed E-state index contributed by atoms with van der Waals surface area (Å²) in [4.78, 5) is 2.29. The lowest BCUT2D eigenvalue weighted by Gasteiger charge is -2.34. The molecule has 1 fully saturated rings. The summed E-state index contributed by atoms with van der Waals surface area (Å²) in [6, 6.07) is 5.72. The predicted molar refractivity (Wildman–Crippen MR) is 71.5 cm³/mol. The molecule has 0 spiro atoms. The average Bonchev–Trinajstić information content (AvgIpc) is 2.28. The highest BCUT2D eigenvalue weighted by molar-refractivity contribution is 8.00. The van der Waals surface area contributed by atoms with E-state index in [1.165, 1.54) is 0 Å². The Bertz CT molecular complexity index is 372. The average molecular weight is 258 g/mol. The van der Waals surface area contributed by atoms with Gasteiger partial charge < -0.3 is 10.0 Å². The van der Waals surface area contributed by atoms with Gasteiger partial charge in [-0.1, -0.05) is 30.7 Å². The largest absolute Gasteiger partial charge is 0.392 e. The van der Waals surface area contributed by atoms with Gasteiger partial charge in [-0.15, -0.1) is 0 Å². The fourth-order valence-electron chi connectivity index (χ4n) is 2.06. The Morgan fingerprint density at radius 3 is 3.06 bits per heavy atom. The van der Waals surface area contributed by atoms with Crippen LogP contribution in [0.25, 0.3) is 0 Å². The normalized spacial score (nSPS) is 21.2. The minimum atomic E-state index is 0.0495. The van der Waals surface area contributed by atoms with Crippen LogP contribution in [0.4, 0.5) is 5.69 Å². The summed E-state index contributed by atoms with van der Waals surface area (Å²) in [6.45, 7) is 4.29. The number of anilines is 1. The number of aliphatic hydroxyl groups is 1. The third-order valence-electron chi connectivity index (χ3n) is 2.80. The molecule has 1 aromatic rings. The van der Waals surface area contributed by atoms with E-state index in [4.69, 9.17) is 11.6 Å². The Labute approximate surface area is 106 Å². The van der Waals surface area contributed by atoms with E-state index in [0.29, 0.717) is 5.25 Å². The lowest BCUT2D eigenvalue weighted by molar-refractivity contribution is 0.282. The fraction of sp³-hybridized carbons (Fsp3) is 0.500. The van der Waals surface area contributed by atoms with Gasteiger partial charge in [0.1, 0.15) is 0 Å². The molecule has 88 valence electrons. The van der Waals surface area contributed by atoms with Crippen LogP contribution in [-0.2, 0) is 6.61 Å². The van der Waals surface area contributed by atoms with Crippen LogP contribution >= 0.6 is 23.4 Å². The molecule has 0 radical (unpaired) electrons. The summed E-state index contributed by atoms with van der Waals surface area (Å²) < 4.78 is 0. The van der Waals surface area contributed by atoms with Crippen molar-refractivity contribution in [2.24, 2.45) is 0 Å². The first-order valence-electron chi connectivity index (χ1n) is 5.47. The first kappa shape index (κ1) is 12.1. The summed E-state index contributed by atoms with van der Waals surface area (Å²) in [5, 5.41) is 10.7. The number of rotatable bonds is 2. The highest BCUT2D eigenvalue weighted by Crippen LogP contribution is 2.33. The molecular weight excluding hydrogens is 242 g/mol. The molecule has 1 aliphatic rings. The second kappa shape index (κ2) is 5.30.